The molecule has 0 spiro atoms. The molecule has 3 heterocycles. The predicted molar refractivity (Wildman–Crippen MR) is 136 cm³/mol. The number of pyridine rings is 1. The SMILES string of the molecule is CN(C)c1ncc(-c2cccc(C(Cc3nc(N)c4ccccc4n3)c3ccccc3)n2)cn1. The normalized spacial score (nSPS) is 11.9. The summed E-state index contributed by atoms with van der Waals surface area (Å²) in [6.45, 7) is 0. The average Bonchev–Trinajstić information content (AvgIpc) is 2.88. The number of anilines is 2. The molecular weight excluding hydrogens is 422 g/mol. The van der Waals surface area contributed by atoms with Crippen molar-refractivity contribution in [1.29, 1.82) is 0 Å². The number of nitrogens with two attached hydrogens (primary N) is 1. The Morgan fingerprint density at radius 1 is 0.794 bits per heavy atom. The van der Waals surface area contributed by atoms with Crippen LogP contribution in [0.2, 0.25) is 0 Å². The van der Waals surface area contributed by atoms with Gasteiger partial charge in [-0.05, 0) is 29.8 Å². The van der Waals surface area contributed by atoms with Gasteiger partial charge in [0.1, 0.15) is 11.6 Å². The van der Waals surface area contributed by atoms with Crippen molar-refractivity contribution >= 4 is 22.7 Å². The van der Waals surface area contributed by atoms with E-state index in [0.29, 0.717) is 24.0 Å². The van der Waals surface area contributed by atoms with Crippen molar-refractivity contribution in [3.05, 3.63) is 102 Å². The zero-order chi connectivity index (χ0) is 23.5. The van der Waals surface area contributed by atoms with Crippen LogP contribution in [-0.4, -0.2) is 39.0 Å². The topological polar surface area (TPSA) is 93.7 Å². The summed E-state index contributed by atoms with van der Waals surface area (Å²) in [4.78, 5) is 25.1. The third-order valence-corrected chi connectivity index (χ3v) is 5.73. The van der Waals surface area contributed by atoms with Crippen LogP contribution in [0.5, 0.6) is 0 Å². The first-order chi connectivity index (χ1) is 16.6. The Labute approximate surface area is 198 Å². The molecule has 7 nitrogen and oxygen atoms in total. The van der Waals surface area contributed by atoms with Gasteiger partial charge in [0.2, 0.25) is 5.95 Å². The minimum atomic E-state index is -0.0383. The summed E-state index contributed by atoms with van der Waals surface area (Å²) in [5.41, 5.74) is 10.9. The van der Waals surface area contributed by atoms with Gasteiger partial charge < -0.3 is 10.6 Å². The summed E-state index contributed by atoms with van der Waals surface area (Å²) in [7, 11) is 3.83. The Morgan fingerprint density at radius 2 is 1.53 bits per heavy atom. The van der Waals surface area contributed by atoms with Crippen LogP contribution in [0, 0.1) is 0 Å². The molecule has 0 amide bonds. The van der Waals surface area contributed by atoms with Gasteiger partial charge in [-0.25, -0.2) is 19.9 Å². The lowest BCUT2D eigenvalue weighted by atomic mass is 9.91. The second kappa shape index (κ2) is 9.23. The maximum atomic E-state index is 6.26. The second-order valence-corrected chi connectivity index (χ2v) is 8.32. The third-order valence-electron chi connectivity index (χ3n) is 5.73. The molecule has 168 valence electrons. The molecule has 0 aliphatic heterocycles. The van der Waals surface area contributed by atoms with Gasteiger partial charge in [0.15, 0.2) is 0 Å². The van der Waals surface area contributed by atoms with E-state index in [2.05, 4.69) is 27.1 Å². The fourth-order valence-electron chi connectivity index (χ4n) is 3.99. The molecule has 0 fully saturated rings. The van der Waals surface area contributed by atoms with Crippen LogP contribution in [0.1, 0.15) is 23.0 Å². The van der Waals surface area contributed by atoms with E-state index < -0.39 is 0 Å². The number of nitrogen functional groups attached to an aromatic ring is 1. The Kier molecular flexibility index (Phi) is 5.82. The number of hydrogen-bond donors (Lipinski definition) is 1. The highest BCUT2D eigenvalue weighted by atomic mass is 15.2. The number of nitrogens with zero attached hydrogens (tertiary/aromatic N) is 6. The lowest BCUT2D eigenvalue weighted by Gasteiger charge is -2.18. The van der Waals surface area contributed by atoms with Crippen molar-refractivity contribution < 1.29 is 0 Å². The Bertz CT molecular complexity index is 1420. The van der Waals surface area contributed by atoms with Gasteiger partial charge in [-0.3, -0.25) is 4.98 Å². The first kappa shape index (κ1) is 21.5. The van der Waals surface area contributed by atoms with Crippen LogP contribution in [0.3, 0.4) is 0 Å². The van der Waals surface area contributed by atoms with Crippen LogP contribution in [0.4, 0.5) is 11.8 Å². The van der Waals surface area contributed by atoms with Gasteiger partial charge in [0, 0.05) is 55.5 Å². The van der Waals surface area contributed by atoms with E-state index >= 15 is 0 Å². The minimum absolute atomic E-state index is 0.0383. The Balaban J connectivity index is 1.54. The van der Waals surface area contributed by atoms with Crippen molar-refractivity contribution in [2.75, 3.05) is 24.7 Å². The monoisotopic (exact) mass is 447 g/mol. The summed E-state index contributed by atoms with van der Waals surface area (Å²) in [5, 5.41) is 0.865. The molecule has 2 N–H and O–H groups in total. The molecule has 2 aromatic carbocycles. The number of aromatic nitrogens is 5. The van der Waals surface area contributed by atoms with E-state index in [1.165, 1.54) is 0 Å². The van der Waals surface area contributed by atoms with Gasteiger partial charge in [0.05, 0.1) is 11.2 Å². The average molecular weight is 448 g/mol. The summed E-state index contributed by atoms with van der Waals surface area (Å²) < 4.78 is 0. The molecular formula is C27H25N7. The van der Waals surface area contributed by atoms with Gasteiger partial charge >= 0.3 is 0 Å². The highest BCUT2D eigenvalue weighted by Crippen LogP contribution is 2.29. The van der Waals surface area contributed by atoms with Gasteiger partial charge in [-0.15, -0.1) is 0 Å². The van der Waals surface area contributed by atoms with Gasteiger partial charge in [-0.2, -0.15) is 0 Å². The number of rotatable bonds is 6. The van der Waals surface area contributed by atoms with E-state index in [0.717, 1.165) is 33.4 Å². The van der Waals surface area contributed by atoms with Crippen LogP contribution >= 0.6 is 0 Å². The summed E-state index contributed by atoms with van der Waals surface area (Å²) in [5.74, 6) is 1.81. The minimum Gasteiger partial charge on any atom is -0.383 e. The Morgan fingerprint density at radius 3 is 2.29 bits per heavy atom. The van der Waals surface area contributed by atoms with E-state index in [1.54, 1.807) is 12.4 Å². The summed E-state index contributed by atoms with van der Waals surface area (Å²) >= 11 is 0. The molecule has 1 unspecified atom stereocenters. The molecule has 1 atom stereocenters. The van der Waals surface area contributed by atoms with Crippen LogP contribution < -0.4 is 10.6 Å². The Hall–Kier alpha value is -4.39. The van der Waals surface area contributed by atoms with Crippen LogP contribution in [-0.2, 0) is 6.42 Å². The summed E-state index contributed by atoms with van der Waals surface area (Å²) in [6.07, 6.45) is 4.18. The third kappa shape index (κ3) is 4.41. The molecule has 34 heavy (non-hydrogen) atoms. The number of fused-ring (bicyclic) bond motifs is 1. The van der Waals surface area contributed by atoms with Crippen LogP contribution in [0.15, 0.2) is 85.2 Å². The predicted octanol–water partition coefficient (Wildman–Crippen LogP) is 4.50. The lowest BCUT2D eigenvalue weighted by molar-refractivity contribution is 0.738. The van der Waals surface area contributed by atoms with Crippen LogP contribution in [0.25, 0.3) is 22.2 Å². The number of benzene rings is 2. The molecule has 0 saturated carbocycles. The second-order valence-electron chi connectivity index (χ2n) is 8.32. The maximum Gasteiger partial charge on any atom is 0.224 e. The fourth-order valence-corrected chi connectivity index (χ4v) is 3.99. The molecule has 5 aromatic rings. The summed E-state index contributed by atoms with van der Waals surface area (Å²) in [6, 6.07) is 24.2. The highest BCUT2D eigenvalue weighted by molar-refractivity contribution is 5.87. The zero-order valence-electron chi connectivity index (χ0n) is 19.1. The quantitative estimate of drug-likeness (QED) is 0.409. The van der Waals surface area contributed by atoms with Crippen molar-refractivity contribution in [3.63, 3.8) is 0 Å². The standard InChI is InChI=1S/C27H25N7/c1-34(2)27-29-16-19(17-30-27)22-13-8-14-24(31-22)21(18-9-4-3-5-10-18)15-25-32-23-12-7-6-11-20(23)26(28)33-25/h3-14,16-17,21H,15H2,1-2H3,(H2,28,32,33). The van der Waals surface area contributed by atoms with Crippen molar-refractivity contribution in [3.8, 4) is 11.3 Å². The molecule has 0 aliphatic carbocycles. The molecule has 0 saturated heterocycles. The number of para-hydroxylation sites is 1. The highest BCUT2D eigenvalue weighted by Gasteiger charge is 2.20. The van der Waals surface area contributed by atoms with Gasteiger partial charge in [0.25, 0.3) is 0 Å². The van der Waals surface area contributed by atoms with E-state index in [9.17, 15) is 0 Å². The molecule has 7 heteroatoms. The van der Waals surface area contributed by atoms with Crippen molar-refractivity contribution in [2.24, 2.45) is 0 Å². The lowest BCUT2D eigenvalue weighted by Crippen LogP contribution is -2.12. The van der Waals surface area contributed by atoms with Crippen molar-refractivity contribution in [1.82, 2.24) is 24.9 Å². The number of hydrogen-bond acceptors (Lipinski definition) is 7. The van der Waals surface area contributed by atoms with E-state index in [-0.39, 0.29) is 5.92 Å². The molecule has 0 bridgehead atoms. The first-order valence-electron chi connectivity index (χ1n) is 11.1. The van der Waals surface area contributed by atoms with Gasteiger partial charge in [-0.1, -0.05) is 48.5 Å². The maximum absolute atomic E-state index is 6.26. The molecule has 0 radical (unpaired) electrons. The molecule has 3 aromatic heterocycles. The fraction of sp³-hybridized carbons (Fsp3) is 0.148. The van der Waals surface area contributed by atoms with E-state index in [4.69, 9.17) is 15.7 Å². The largest absolute Gasteiger partial charge is 0.383 e. The van der Waals surface area contributed by atoms with Crippen molar-refractivity contribution in [2.45, 2.75) is 12.3 Å². The molecule has 5 rings (SSSR count). The zero-order valence-corrected chi connectivity index (χ0v) is 19.1. The molecule has 0 aliphatic rings. The van der Waals surface area contributed by atoms with E-state index in [1.807, 2.05) is 79.7 Å². The first-order valence-corrected chi connectivity index (χ1v) is 11.1. The smallest absolute Gasteiger partial charge is 0.224 e.